The molecule has 0 unspecified atom stereocenters. The first-order valence-electron chi connectivity index (χ1n) is 7.63. The van der Waals surface area contributed by atoms with Gasteiger partial charge in [-0.1, -0.05) is 37.5 Å². The largest absolute Gasteiger partial charge is 0.390 e. The molecule has 0 bridgehead atoms. The molecule has 1 aliphatic heterocycles. The van der Waals surface area contributed by atoms with Gasteiger partial charge in [0, 0.05) is 24.2 Å². The molecule has 0 amide bonds. The predicted octanol–water partition coefficient (Wildman–Crippen LogP) is 3.50. The molecule has 1 aliphatic rings. The highest BCUT2D eigenvalue weighted by atomic mass is 16.3. The highest BCUT2D eigenvalue weighted by Gasteiger charge is 2.13. The van der Waals surface area contributed by atoms with Gasteiger partial charge in [0.2, 0.25) is 0 Å². The summed E-state index contributed by atoms with van der Waals surface area (Å²) < 4.78 is 0. The maximum Gasteiger partial charge on any atom is 0.0854 e. The zero-order valence-corrected chi connectivity index (χ0v) is 11.9. The Morgan fingerprint density at radius 2 is 1.70 bits per heavy atom. The Morgan fingerprint density at radius 3 is 2.45 bits per heavy atom. The molecule has 0 saturated carbocycles. The molecule has 1 aromatic carbocycles. The lowest BCUT2D eigenvalue weighted by molar-refractivity contribution is 0.277. The van der Waals surface area contributed by atoms with Crippen molar-refractivity contribution in [2.75, 3.05) is 18.0 Å². The lowest BCUT2D eigenvalue weighted by Gasteiger charge is -2.28. The fraction of sp³-hybridized carbons (Fsp3) is 0.471. The molecule has 0 aliphatic carbocycles. The Labute approximate surface area is 120 Å². The summed E-state index contributed by atoms with van der Waals surface area (Å²) in [5.41, 5.74) is 2.98. The van der Waals surface area contributed by atoms with Gasteiger partial charge in [-0.3, -0.25) is 4.98 Å². The van der Waals surface area contributed by atoms with E-state index in [1.807, 2.05) is 12.1 Å². The van der Waals surface area contributed by atoms with Crippen molar-refractivity contribution in [2.45, 2.75) is 38.7 Å². The Hall–Kier alpha value is -1.61. The number of aliphatic hydroxyl groups excluding tert-OH is 1. The molecule has 20 heavy (non-hydrogen) atoms. The van der Waals surface area contributed by atoms with Gasteiger partial charge >= 0.3 is 0 Å². The van der Waals surface area contributed by atoms with Crippen LogP contribution in [-0.4, -0.2) is 23.2 Å². The molecule has 106 valence electrons. The second-order valence-corrected chi connectivity index (χ2v) is 5.56. The van der Waals surface area contributed by atoms with Gasteiger partial charge < -0.3 is 10.0 Å². The summed E-state index contributed by atoms with van der Waals surface area (Å²) in [6.45, 7) is 2.23. The molecule has 0 spiro atoms. The predicted molar refractivity (Wildman–Crippen MR) is 83.0 cm³/mol. The summed E-state index contributed by atoms with van der Waals surface area (Å²) in [4.78, 5) is 6.99. The van der Waals surface area contributed by atoms with Gasteiger partial charge in [0.25, 0.3) is 0 Å². The van der Waals surface area contributed by atoms with E-state index in [1.165, 1.54) is 43.2 Å². The quantitative estimate of drug-likeness (QED) is 0.907. The number of aromatic nitrogens is 1. The SMILES string of the molecule is OCc1cc(N2CCCCCCC2)c2ccccc2n1. The van der Waals surface area contributed by atoms with E-state index in [-0.39, 0.29) is 6.61 Å². The Morgan fingerprint density at radius 1 is 1.00 bits per heavy atom. The van der Waals surface area contributed by atoms with Crippen LogP contribution in [0.2, 0.25) is 0 Å². The van der Waals surface area contributed by atoms with E-state index in [4.69, 9.17) is 0 Å². The first-order valence-corrected chi connectivity index (χ1v) is 7.63. The van der Waals surface area contributed by atoms with Gasteiger partial charge in [0.15, 0.2) is 0 Å². The Bertz CT molecular complexity index is 574. The average molecular weight is 270 g/mol. The maximum absolute atomic E-state index is 9.44. The van der Waals surface area contributed by atoms with E-state index in [0.717, 1.165) is 24.3 Å². The third kappa shape index (κ3) is 2.78. The van der Waals surface area contributed by atoms with E-state index in [2.05, 4.69) is 28.1 Å². The fourth-order valence-corrected chi connectivity index (χ4v) is 3.04. The third-order valence-electron chi connectivity index (χ3n) is 4.11. The summed E-state index contributed by atoms with van der Waals surface area (Å²) in [6, 6.07) is 10.3. The number of rotatable bonds is 2. The number of fused-ring (bicyclic) bond motifs is 1. The summed E-state index contributed by atoms with van der Waals surface area (Å²) in [5.74, 6) is 0. The molecule has 1 N–H and O–H groups in total. The van der Waals surface area contributed by atoms with Crippen molar-refractivity contribution < 1.29 is 5.11 Å². The Kier molecular flexibility index (Phi) is 4.16. The Balaban J connectivity index is 2.03. The molecule has 2 heterocycles. The number of pyridine rings is 1. The zero-order valence-electron chi connectivity index (χ0n) is 11.9. The molecule has 1 aromatic heterocycles. The number of para-hydroxylation sites is 1. The standard InChI is InChI=1S/C17H22N2O/c20-13-14-12-17(15-8-4-5-9-16(15)18-14)19-10-6-2-1-3-7-11-19/h4-5,8-9,12,20H,1-3,6-7,10-11,13H2. The minimum absolute atomic E-state index is 0.00563. The molecule has 3 heteroatoms. The van der Waals surface area contributed by atoms with Crippen LogP contribution in [0.3, 0.4) is 0 Å². The molecular formula is C17H22N2O. The number of benzene rings is 1. The lowest BCUT2D eigenvalue weighted by atomic mass is 10.1. The van der Waals surface area contributed by atoms with E-state index < -0.39 is 0 Å². The summed E-state index contributed by atoms with van der Waals surface area (Å²) in [5, 5.41) is 10.6. The number of hydrogen-bond donors (Lipinski definition) is 1. The first-order chi connectivity index (χ1) is 9.88. The van der Waals surface area contributed by atoms with Crippen LogP contribution in [0.1, 0.15) is 37.8 Å². The molecule has 3 nitrogen and oxygen atoms in total. The molecule has 2 aromatic rings. The second kappa shape index (κ2) is 6.23. The molecule has 0 radical (unpaired) electrons. The van der Waals surface area contributed by atoms with Crippen LogP contribution in [-0.2, 0) is 6.61 Å². The van der Waals surface area contributed by atoms with Gasteiger partial charge in [0.05, 0.1) is 17.8 Å². The van der Waals surface area contributed by atoms with Crippen molar-refractivity contribution in [2.24, 2.45) is 0 Å². The van der Waals surface area contributed by atoms with E-state index in [0.29, 0.717) is 0 Å². The summed E-state index contributed by atoms with van der Waals surface area (Å²) >= 11 is 0. The maximum atomic E-state index is 9.44. The van der Waals surface area contributed by atoms with Crippen molar-refractivity contribution >= 4 is 16.6 Å². The van der Waals surface area contributed by atoms with Crippen LogP contribution in [0.25, 0.3) is 10.9 Å². The van der Waals surface area contributed by atoms with Gasteiger partial charge in [-0.25, -0.2) is 0 Å². The highest BCUT2D eigenvalue weighted by Crippen LogP contribution is 2.28. The molecular weight excluding hydrogens is 248 g/mol. The molecule has 1 saturated heterocycles. The van der Waals surface area contributed by atoms with Crippen LogP contribution in [0.4, 0.5) is 5.69 Å². The van der Waals surface area contributed by atoms with E-state index >= 15 is 0 Å². The molecule has 1 fully saturated rings. The highest BCUT2D eigenvalue weighted by molar-refractivity contribution is 5.92. The minimum Gasteiger partial charge on any atom is -0.390 e. The summed E-state index contributed by atoms with van der Waals surface area (Å²) in [6.07, 6.45) is 6.53. The molecule has 0 atom stereocenters. The van der Waals surface area contributed by atoms with Gasteiger partial charge in [-0.05, 0) is 25.0 Å². The molecule has 3 rings (SSSR count). The van der Waals surface area contributed by atoms with Gasteiger partial charge in [-0.2, -0.15) is 0 Å². The van der Waals surface area contributed by atoms with Crippen molar-refractivity contribution in [1.29, 1.82) is 0 Å². The number of nitrogens with zero attached hydrogens (tertiary/aromatic N) is 2. The van der Waals surface area contributed by atoms with Crippen LogP contribution >= 0.6 is 0 Å². The zero-order chi connectivity index (χ0) is 13.8. The number of hydrogen-bond acceptors (Lipinski definition) is 3. The van der Waals surface area contributed by atoms with E-state index in [1.54, 1.807) is 0 Å². The smallest absolute Gasteiger partial charge is 0.0854 e. The monoisotopic (exact) mass is 270 g/mol. The fourth-order valence-electron chi connectivity index (χ4n) is 3.04. The van der Waals surface area contributed by atoms with Gasteiger partial charge in [0.1, 0.15) is 0 Å². The van der Waals surface area contributed by atoms with Crippen LogP contribution < -0.4 is 4.90 Å². The normalized spacial score (nSPS) is 16.9. The third-order valence-corrected chi connectivity index (χ3v) is 4.11. The van der Waals surface area contributed by atoms with Crippen LogP contribution in [0.15, 0.2) is 30.3 Å². The van der Waals surface area contributed by atoms with Gasteiger partial charge in [-0.15, -0.1) is 0 Å². The van der Waals surface area contributed by atoms with Crippen molar-refractivity contribution in [3.8, 4) is 0 Å². The number of anilines is 1. The van der Waals surface area contributed by atoms with E-state index in [9.17, 15) is 5.11 Å². The summed E-state index contributed by atoms with van der Waals surface area (Å²) in [7, 11) is 0. The topological polar surface area (TPSA) is 36.4 Å². The average Bonchev–Trinajstić information content (AvgIpc) is 2.46. The van der Waals surface area contributed by atoms with Crippen molar-refractivity contribution in [3.63, 3.8) is 0 Å². The number of aliphatic hydroxyl groups is 1. The van der Waals surface area contributed by atoms with Crippen LogP contribution in [0.5, 0.6) is 0 Å². The lowest BCUT2D eigenvalue weighted by Crippen LogP contribution is -2.27. The minimum atomic E-state index is 0.00563. The van der Waals surface area contributed by atoms with Crippen molar-refractivity contribution in [3.05, 3.63) is 36.0 Å². The second-order valence-electron chi connectivity index (χ2n) is 5.56. The van der Waals surface area contributed by atoms with Crippen molar-refractivity contribution in [1.82, 2.24) is 4.98 Å². The first kappa shape index (κ1) is 13.4. The van der Waals surface area contributed by atoms with Crippen LogP contribution in [0, 0.1) is 0 Å².